The molecule has 6 rings (SSSR count). The van der Waals surface area contributed by atoms with Gasteiger partial charge >= 0.3 is 5.97 Å². The van der Waals surface area contributed by atoms with E-state index in [1.807, 2.05) is 44.2 Å². The molecule has 14 heteroatoms. The molecule has 14 nitrogen and oxygen atoms in total. The third-order valence-corrected chi connectivity index (χ3v) is 9.14. The first-order chi connectivity index (χ1) is 22.9. The maximum atomic E-state index is 14.0. The molecule has 4 heterocycles. The Morgan fingerprint density at radius 3 is 2.54 bits per heavy atom. The Balaban J connectivity index is 1.58. The molecule has 0 fully saturated rings. The first-order valence-corrected chi connectivity index (χ1v) is 15.9. The Labute approximate surface area is 276 Å². The predicted molar refractivity (Wildman–Crippen MR) is 170 cm³/mol. The number of anilines is 1. The number of aromatic nitrogens is 1. The molecule has 1 unspecified atom stereocenters. The zero-order valence-corrected chi connectivity index (χ0v) is 27.2. The molecule has 1 spiro atoms. The van der Waals surface area contributed by atoms with Crippen LogP contribution in [0.5, 0.6) is 5.75 Å². The topological polar surface area (TPSA) is 201 Å². The van der Waals surface area contributed by atoms with E-state index in [9.17, 15) is 29.4 Å². The molecule has 0 saturated carbocycles. The number of nitrogens with one attached hydrogen (secondary N) is 4. The summed E-state index contributed by atoms with van der Waals surface area (Å²) in [6.07, 6.45) is -2.04. The first-order valence-electron chi connectivity index (χ1n) is 15.9. The van der Waals surface area contributed by atoms with Crippen LogP contribution in [0.15, 0.2) is 46.9 Å². The molecule has 6 N–H and O–H groups in total. The molecule has 3 aliphatic rings. The zero-order chi connectivity index (χ0) is 34.5. The average Bonchev–Trinajstić information content (AvgIpc) is 3.73. The summed E-state index contributed by atoms with van der Waals surface area (Å²) < 4.78 is 17.8. The average molecular weight is 662 g/mol. The third kappa shape index (κ3) is 5.34. The highest BCUT2D eigenvalue weighted by molar-refractivity contribution is 5.97. The number of fused-ring (bicyclic) bond motifs is 4. The normalized spacial score (nSPS) is 23.4. The maximum absolute atomic E-state index is 14.0. The number of amides is 3. The molecule has 2 aromatic carbocycles. The number of esters is 1. The Kier molecular flexibility index (Phi) is 8.64. The number of aliphatic hydroxyl groups excluding tert-OH is 2. The monoisotopic (exact) mass is 661 g/mol. The smallest absolute Gasteiger partial charge is 0.330 e. The van der Waals surface area contributed by atoms with E-state index < -0.39 is 66.2 Å². The van der Waals surface area contributed by atoms with Gasteiger partial charge in [-0.2, -0.15) is 0 Å². The van der Waals surface area contributed by atoms with Crippen molar-refractivity contribution in [1.29, 1.82) is 0 Å². The van der Waals surface area contributed by atoms with Crippen LogP contribution in [0.1, 0.15) is 72.6 Å². The number of benzene rings is 2. The number of nitrogens with zero attached hydrogens (tertiary/aromatic N) is 1. The van der Waals surface area contributed by atoms with Crippen molar-refractivity contribution in [2.24, 2.45) is 11.8 Å². The Morgan fingerprint density at radius 1 is 1.10 bits per heavy atom. The van der Waals surface area contributed by atoms with Gasteiger partial charge < -0.3 is 45.4 Å². The highest BCUT2D eigenvalue weighted by Crippen LogP contribution is 2.58. The van der Waals surface area contributed by atoms with Crippen molar-refractivity contribution >= 4 is 29.4 Å². The van der Waals surface area contributed by atoms with Crippen molar-refractivity contribution in [3.8, 4) is 5.75 Å². The first kappa shape index (κ1) is 33.0. The molecule has 4 bridgehead atoms. The molecule has 48 heavy (non-hydrogen) atoms. The maximum Gasteiger partial charge on any atom is 0.330 e. The number of hydrogen-bond donors (Lipinski definition) is 6. The van der Waals surface area contributed by atoms with E-state index in [2.05, 4.69) is 26.3 Å². The van der Waals surface area contributed by atoms with Crippen LogP contribution in [0.2, 0.25) is 0 Å². The number of hydrogen-bond acceptors (Lipinski definition) is 11. The van der Waals surface area contributed by atoms with Crippen LogP contribution in [0, 0.1) is 11.8 Å². The number of carbonyl (C=O) groups excluding carboxylic acids is 4. The van der Waals surface area contributed by atoms with Crippen molar-refractivity contribution in [1.82, 2.24) is 20.9 Å². The van der Waals surface area contributed by atoms with Crippen molar-refractivity contribution in [2.45, 2.75) is 70.0 Å². The van der Waals surface area contributed by atoms with Gasteiger partial charge in [0.25, 0.3) is 5.91 Å². The summed E-state index contributed by atoms with van der Waals surface area (Å²) in [5.74, 6) is -2.99. The van der Waals surface area contributed by atoms with Crippen LogP contribution in [0.4, 0.5) is 5.69 Å². The van der Waals surface area contributed by atoms with Crippen LogP contribution in [0.3, 0.4) is 0 Å². The van der Waals surface area contributed by atoms with Crippen LogP contribution in [-0.2, 0) is 31.0 Å². The van der Waals surface area contributed by atoms with E-state index in [1.165, 1.54) is 0 Å². The summed E-state index contributed by atoms with van der Waals surface area (Å²) in [4.78, 5) is 58.0. The van der Waals surface area contributed by atoms with Crippen molar-refractivity contribution < 1.29 is 43.3 Å². The van der Waals surface area contributed by atoms with E-state index >= 15 is 0 Å². The van der Waals surface area contributed by atoms with E-state index in [1.54, 1.807) is 26.0 Å². The van der Waals surface area contributed by atoms with E-state index in [0.29, 0.717) is 16.9 Å². The summed E-state index contributed by atoms with van der Waals surface area (Å²) in [6, 6.07) is 9.54. The van der Waals surface area contributed by atoms with Crippen molar-refractivity contribution in [2.75, 3.05) is 19.0 Å². The summed E-state index contributed by atoms with van der Waals surface area (Å²) in [5.41, 5.74) is 1.32. The van der Waals surface area contributed by atoms with Gasteiger partial charge in [-0.15, -0.1) is 0 Å². The molecule has 3 aliphatic heterocycles. The fourth-order valence-corrected chi connectivity index (χ4v) is 6.56. The Morgan fingerprint density at radius 2 is 1.85 bits per heavy atom. The molecule has 3 amide bonds. The van der Waals surface area contributed by atoms with Gasteiger partial charge in [0.15, 0.2) is 23.7 Å². The van der Waals surface area contributed by atoms with Crippen molar-refractivity contribution in [3.05, 3.63) is 76.5 Å². The van der Waals surface area contributed by atoms with Gasteiger partial charge in [-0.05, 0) is 35.1 Å². The predicted octanol–water partition coefficient (Wildman–Crippen LogP) is 1.29. The number of aliphatic hydroxyl groups is 2. The molecular weight excluding hydrogens is 622 g/mol. The van der Waals surface area contributed by atoms with E-state index in [-0.39, 0.29) is 35.6 Å². The van der Waals surface area contributed by atoms with Gasteiger partial charge in [0.2, 0.25) is 17.7 Å². The summed E-state index contributed by atoms with van der Waals surface area (Å²) in [5, 5.41) is 31.9. The molecule has 6 atom stereocenters. The largest absolute Gasteiger partial charge is 0.469 e. The van der Waals surface area contributed by atoms with Crippen molar-refractivity contribution in [3.63, 3.8) is 0 Å². The van der Waals surface area contributed by atoms with Crippen LogP contribution in [0.25, 0.3) is 0 Å². The molecule has 0 aliphatic carbocycles. The van der Waals surface area contributed by atoms with Crippen LogP contribution in [-0.4, -0.2) is 77.0 Å². The number of oxazole rings is 1. The molecule has 0 saturated heterocycles. The van der Waals surface area contributed by atoms with Gasteiger partial charge in [0.1, 0.15) is 29.4 Å². The molecule has 0 radical (unpaired) electrons. The summed E-state index contributed by atoms with van der Waals surface area (Å²) in [7, 11) is 1.14. The fraction of sp³-hybridized carbons (Fsp3) is 0.441. The number of para-hydroxylation sites is 1. The quantitative estimate of drug-likeness (QED) is 0.190. The van der Waals surface area contributed by atoms with Gasteiger partial charge in [-0.3, -0.25) is 14.4 Å². The summed E-state index contributed by atoms with van der Waals surface area (Å²) in [6.45, 7) is 6.34. The molecule has 3 aromatic rings. The molecular formula is C34H39N5O9. The second-order valence-electron chi connectivity index (χ2n) is 13.0. The van der Waals surface area contributed by atoms with Crippen LogP contribution < -0.4 is 26.0 Å². The van der Waals surface area contributed by atoms with E-state index in [0.717, 1.165) is 18.4 Å². The lowest BCUT2D eigenvalue weighted by atomic mass is 9.72. The zero-order valence-electron chi connectivity index (χ0n) is 27.2. The van der Waals surface area contributed by atoms with Crippen LogP contribution >= 0.6 is 0 Å². The number of carbonyl (C=O) groups is 4. The number of ether oxygens (including phenoxy) is 2. The second-order valence-corrected chi connectivity index (χ2v) is 13.0. The Hall–Kier alpha value is -4.95. The lowest BCUT2D eigenvalue weighted by molar-refractivity contribution is -0.143. The second kappa shape index (κ2) is 12.6. The SMILES string of the molecule is COC(=O)[C@H](CO)NC(=O)c1nc2oc1C13c4ccccc4N[C@H]1Oc1ccc(cc13)C[C@H](NC(=O)[C@@H](O)C(C)C)C(=O)N[C@H]2C(C)C. The Bertz CT molecular complexity index is 1770. The third-order valence-electron chi connectivity index (χ3n) is 9.14. The lowest BCUT2D eigenvalue weighted by Crippen LogP contribution is -2.52. The van der Waals surface area contributed by atoms with Gasteiger partial charge in [-0.1, -0.05) is 58.0 Å². The minimum absolute atomic E-state index is 0.00657. The highest BCUT2D eigenvalue weighted by Gasteiger charge is 2.61. The number of rotatable bonds is 8. The van der Waals surface area contributed by atoms with Gasteiger partial charge in [0, 0.05) is 17.7 Å². The van der Waals surface area contributed by atoms with E-state index in [4.69, 9.17) is 13.9 Å². The molecule has 254 valence electrons. The standard InChI is InChI=1S/C34H39N5O9/c1-15(2)24-31-39-25(29(43)36-22(14-40)32(45)46-5)27(48-31)34-18-8-6-7-9-20(18)37-33(34)47-23-11-10-17(12-19(23)34)13-21(28(42)38-24)35-30(44)26(41)16(3)4/h6-12,15-16,21-22,24,26,33,37,40-41H,13-14H2,1-5H3,(H,35,44)(H,36,43)(H,38,42)/t21-,22-,24-,26-,33-,34?/m0/s1. The fourth-order valence-electron chi connectivity index (χ4n) is 6.56. The molecule has 1 aromatic heterocycles. The lowest BCUT2D eigenvalue weighted by Gasteiger charge is -2.29. The van der Waals surface area contributed by atoms with Gasteiger partial charge in [-0.25, -0.2) is 9.78 Å². The van der Waals surface area contributed by atoms with Gasteiger partial charge in [0.05, 0.1) is 13.7 Å². The minimum Gasteiger partial charge on any atom is -0.469 e. The highest BCUT2D eigenvalue weighted by atomic mass is 16.5. The summed E-state index contributed by atoms with van der Waals surface area (Å²) >= 11 is 0. The minimum atomic E-state index is -1.38. The number of methoxy groups -OCH3 is 1.